The van der Waals surface area contributed by atoms with Crippen LogP contribution in [0.4, 0.5) is 0 Å². The lowest BCUT2D eigenvalue weighted by Crippen LogP contribution is -2.55. The summed E-state index contributed by atoms with van der Waals surface area (Å²) in [4.78, 5) is 34.0. The molecule has 1 saturated heterocycles. The van der Waals surface area contributed by atoms with Crippen LogP contribution in [0.3, 0.4) is 0 Å². The van der Waals surface area contributed by atoms with E-state index in [1.807, 2.05) is 0 Å². The van der Waals surface area contributed by atoms with Gasteiger partial charge in [-0.25, -0.2) is 4.98 Å². The highest BCUT2D eigenvalue weighted by Gasteiger charge is 2.36. The number of hydrogen-bond donors (Lipinski definition) is 1. The number of benzene rings is 1. The highest BCUT2D eigenvalue weighted by Crippen LogP contribution is 2.38. The highest BCUT2D eigenvalue weighted by atomic mass is 16.5. The summed E-state index contributed by atoms with van der Waals surface area (Å²) in [5.41, 5.74) is 1.09. The molecule has 9 nitrogen and oxygen atoms in total. The van der Waals surface area contributed by atoms with Gasteiger partial charge in [0.25, 0.3) is 5.91 Å². The van der Waals surface area contributed by atoms with Crippen LogP contribution in [0.5, 0.6) is 17.2 Å². The van der Waals surface area contributed by atoms with E-state index in [2.05, 4.69) is 15.3 Å². The summed E-state index contributed by atoms with van der Waals surface area (Å²) < 4.78 is 15.9. The van der Waals surface area contributed by atoms with Gasteiger partial charge in [0.1, 0.15) is 5.69 Å². The summed E-state index contributed by atoms with van der Waals surface area (Å²) in [6.07, 6.45) is 4.39. The number of nitrogens with zero attached hydrogens (tertiary/aromatic N) is 3. The van der Waals surface area contributed by atoms with Crippen molar-refractivity contribution in [2.75, 3.05) is 34.4 Å². The molecule has 1 aromatic heterocycles. The second-order valence-corrected chi connectivity index (χ2v) is 6.25. The Balaban J connectivity index is 1.55. The zero-order valence-corrected chi connectivity index (χ0v) is 16.0. The molecule has 148 valence electrons. The molecule has 0 radical (unpaired) electrons. The molecule has 0 spiro atoms. The molecular formula is C19H22N4O5. The maximum atomic E-state index is 12.4. The molecule has 0 saturated carbocycles. The largest absolute Gasteiger partial charge is 0.493 e. The van der Waals surface area contributed by atoms with Crippen LogP contribution in [-0.4, -0.2) is 61.1 Å². The lowest BCUT2D eigenvalue weighted by molar-refractivity contribution is -0.129. The first-order valence-electron chi connectivity index (χ1n) is 8.69. The van der Waals surface area contributed by atoms with Gasteiger partial charge in [-0.2, -0.15) is 0 Å². The van der Waals surface area contributed by atoms with Gasteiger partial charge in [-0.3, -0.25) is 14.6 Å². The minimum absolute atomic E-state index is 0.114. The molecule has 1 aliphatic rings. The highest BCUT2D eigenvalue weighted by molar-refractivity contribution is 5.94. The van der Waals surface area contributed by atoms with Crippen LogP contribution in [0.15, 0.2) is 30.7 Å². The third kappa shape index (κ3) is 3.98. The average Bonchev–Trinajstić information content (AvgIpc) is 2.70. The summed E-state index contributed by atoms with van der Waals surface area (Å²) >= 11 is 0. The van der Waals surface area contributed by atoms with Crippen LogP contribution >= 0.6 is 0 Å². The van der Waals surface area contributed by atoms with Crippen molar-refractivity contribution < 1.29 is 23.8 Å². The van der Waals surface area contributed by atoms with Crippen molar-refractivity contribution in [3.63, 3.8) is 0 Å². The number of methoxy groups -OCH3 is 3. The SMILES string of the molecule is COc1cc(CNC(=O)C2CN(C(=O)c3cnccn3)C2)cc(OC)c1OC. The molecule has 28 heavy (non-hydrogen) atoms. The summed E-state index contributed by atoms with van der Waals surface area (Å²) in [6, 6.07) is 3.57. The van der Waals surface area contributed by atoms with Crippen molar-refractivity contribution in [1.29, 1.82) is 0 Å². The fourth-order valence-electron chi connectivity index (χ4n) is 2.95. The second-order valence-electron chi connectivity index (χ2n) is 6.25. The van der Waals surface area contributed by atoms with Crippen LogP contribution < -0.4 is 19.5 Å². The fourth-order valence-corrected chi connectivity index (χ4v) is 2.95. The molecule has 0 aliphatic carbocycles. The maximum absolute atomic E-state index is 12.4. The number of carbonyl (C=O) groups is 2. The van der Waals surface area contributed by atoms with Gasteiger partial charge in [-0.1, -0.05) is 0 Å². The second kappa shape index (κ2) is 8.55. The van der Waals surface area contributed by atoms with Crippen LogP contribution in [0.2, 0.25) is 0 Å². The standard InChI is InChI=1S/C19H22N4O5/c1-26-15-6-12(7-16(27-2)17(15)28-3)8-22-18(24)13-10-23(11-13)19(25)14-9-20-4-5-21-14/h4-7,9,13H,8,10-11H2,1-3H3,(H,22,24). The topological polar surface area (TPSA) is 103 Å². The Morgan fingerprint density at radius 3 is 2.32 bits per heavy atom. The van der Waals surface area contributed by atoms with E-state index in [-0.39, 0.29) is 23.4 Å². The zero-order chi connectivity index (χ0) is 20.1. The van der Waals surface area contributed by atoms with Crippen molar-refractivity contribution in [3.8, 4) is 17.2 Å². The van der Waals surface area contributed by atoms with Crippen molar-refractivity contribution >= 4 is 11.8 Å². The first-order chi connectivity index (χ1) is 13.6. The first kappa shape index (κ1) is 19.4. The normalized spacial score (nSPS) is 13.5. The number of ether oxygens (including phenoxy) is 3. The quantitative estimate of drug-likeness (QED) is 0.754. The third-order valence-electron chi connectivity index (χ3n) is 4.51. The van der Waals surface area contributed by atoms with E-state index in [0.717, 1.165) is 5.56 Å². The number of rotatable bonds is 7. The Kier molecular flexibility index (Phi) is 5.93. The van der Waals surface area contributed by atoms with E-state index >= 15 is 0 Å². The lowest BCUT2D eigenvalue weighted by atomic mass is 9.98. The van der Waals surface area contributed by atoms with Crippen LogP contribution in [-0.2, 0) is 11.3 Å². The number of hydrogen-bond acceptors (Lipinski definition) is 7. The number of nitrogens with one attached hydrogen (secondary N) is 1. The number of carbonyl (C=O) groups excluding carboxylic acids is 2. The summed E-state index contributed by atoms with van der Waals surface area (Å²) in [6.45, 7) is 1.02. The van der Waals surface area contributed by atoms with Crippen molar-refractivity contribution in [3.05, 3.63) is 42.0 Å². The third-order valence-corrected chi connectivity index (χ3v) is 4.51. The maximum Gasteiger partial charge on any atom is 0.274 e. The molecule has 0 unspecified atom stereocenters. The van der Waals surface area contributed by atoms with E-state index in [9.17, 15) is 9.59 Å². The van der Waals surface area contributed by atoms with Gasteiger partial charge in [-0.05, 0) is 17.7 Å². The Labute approximate surface area is 162 Å². The molecule has 2 aromatic rings. The number of aromatic nitrogens is 2. The fraction of sp³-hybridized carbons (Fsp3) is 0.368. The molecule has 3 rings (SSSR count). The monoisotopic (exact) mass is 386 g/mol. The van der Waals surface area contributed by atoms with Gasteiger partial charge < -0.3 is 24.4 Å². The van der Waals surface area contributed by atoms with Crippen molar-refractivity contribution in [2.45, 2.75) is 6.54 Å². The molecule has 2 heterocycles. The van der Waals surface area contributed by atoms with Gasteiger partial charge in [0, 0.05) is 32.0 Å². The molecular weight excluding hydrogens is 364 g/mol. The van der Waals surface area contributed by atoms with E-state index < -0.39 is 0 Å². The number of likely N-dealkylation sites (tertiary alicyclic amines) is 1. The first-order valence-corrected chi connectivity index (χ1v) is 8.69. The lowest BCUT2D eigenvalue weighted by Gasteiger charge is -2.37. The van der Waals surface area contributed by atoms with Gasteiger partial charge in [0.2, 0.25) is 11.7 Å². The summed E-state index contributed by atoms with van der Waals surface area (Å²) in [5, 5.41) is 2.88. The van der Waals surface area contributed by atoms with Crippen LogP contribution in [0.1, 0.15) is 16.1 Å². The van der Waals surface area contributed by atoms with E-state index in [4.69, 9.17) is 14.2 Å². The molecule has 1 aromatic carbocycles. The molecule has 2 amide bonds. The Morgan fingerprint density at radius 2 is 1.79 bits per heavy atom. The smallest absolute Gasteiger partial charge is 0.274 e. The van der Waals surface area contributed by atoms with Crippen LogP contribution in [0.25, 0.3) is 0 Å². The number of amides is 2. The van der Waals surface area contributed by atoms with E-state index in [0.29, 0.717) is 36.9 Å². The minimum Gasteiger partial charge on any atom is -0.493 e. The predicted molar refractivity (Wildman–Crippen MR) is 99.4 cm³/mol. The summed E-state index contributed by atoms with van der Waals surface area (Å²) in [7, 11) is 4.61. The molecule has 1 aliphatic heterocycles. The van der Waals surface area contributed by atoms with Crippen LogP contribution in [0, 0.1) is 5.92 Å². The van der Waals surface area contributed by atoms with Gasteiger partial charge in [-0.15, -0.1) is 0 Å². The molecule has 0 atom stereocenters. The summed E-state index contributed by atoms with van der Waals surface area (Å²) in [5.74, 6) is 0.963. The zero-order valence-electron chi connectivity index (χ0n) is 16.0. The van der Waals surface area contributed by atoms with Gasteiger partial charge >= 0.3 is 0 Å². The van der Waals surface area contributed by atoms with E-state index in [1.165, 1.54) is 39.9 Å². The Hall–Kier alpha value is -3.36. The van der Waals surface area contributed by atoms with Gasteiger partial charge in [0.15, 0.2) is 11.5 Å². The minimum atomic E-state index is -0.248. The Bertz CT molecular complexity index is 828. The predicted octanol–water partition coefficient (Wildman–Crippen LogP) is 0.891. The molecule has 1 fully saturated rings. The molecule has 9 heteroatoms. The molecule has 1 N–H and O–H groups in total. The van der Waals surface area contributed by atoms with Crippen molar-refractivity contribution in [1.82, 2.24) is 20.2 Å². The Morgan fingerprint density at radius 1 is 1.11 bits per heavy atom. The molecule has 0 bridgehead atoms. The van der Waals surface area contributed by atoms with E-state index in [1.54, 1.807) is 17.0 Å². The average molecular weight is 386 g/mol. The van der Waals surface area contributed by atoms with Gasteiger partial charge in [0.05, 0.1) is 33.4 Å². The van der Waals surface area contributed by atoms with Crippen molar-refractivity contribution in [2.24, 2.45) is 5.92 Å².